The van der Waals surface area contributed by atoms with Crippen molar-refractivity contribution in [3.8, 4) is 0 Å². The lowest BCUT2D eigenvalue weighted by molar-refractivity contribution is -0.141. The third kappa shape index (κ3) is 4.06. The molecule has 1 saturated carbocycles. The second-order valence-electron chi connectivity index (χ2n) is 3.61. The van der Waals surface area contributed by atoms with E-state index in [9.17, 15) is 9.59 Å². The number of carbonyl (C=O) groups is 2. The van der Waals surface area contributed by atoms with Gasteiger partial charge in [-0.1, -0.05) is 0 Å². The highest BCUT2D eigenvalue weighted by molar-refractivity contribution is 5.81. The van der Waals surface area contributed by atoms with Gasteiger partial charge in [-0.25, -0.2) is 4.79 Å². The van der Waals surface area contributed by atoms with Crippen LogP contribution in [0.5, 0.6) is 0 Å². The maximum Gasteiger partial charge on any atom is 0.325 e. The molecular formula is C10H18N2O4. The molecule has 0 radical (unpaired) electrons. The monoisotopic (exact) mass is 230 g/mol. The van der Waals surface area contributed by atoms with Gasteiger partial charge in [0.2, 0.25) is 0 Å². The van der Waals surface area contributed by atoms with Gasteiger partial charge in [0.15, 0.2) is 0 Å². The van der Waals surface area contributed by atoms with Crippen molar-refractivity contribution in [2.75, 3.05) is 26.3 Å². The zero-order valence-electron chi connectivity index (χ0n) is 9.44. The van der Waals surface area contributed by atoms with E-state index in [4.69, 9.17) is 5.11 Å². The van der Waals surface area contributed by atoms with Crippen molar-refractivity contribution in [3.05, 3.63) is 0 Å². The standard InChI is InChI=1S/C10H18N2O4/c1-2-16-9(14)7-11-10(15)12(5-6-13)8-3-4-8/h8,13H,2-7H2,1H3,(H,11,15). The molecule has 1 fully saturated rings. The van der Waals surface area contributed by atoms with E-state index in [1.807, 2.05) is 0 Å². The number of nitrogens with zero attached hydrogens (tertiary/aromatic N) is 1. The van der Waals surface area contributed by atoms with E-state index in [1.165, 1.54) is 0 Å². The van der Waals surface area contributed by atoms with Gasteiger partial charge >= 0.3 is 12.0 Å². The number of aliphatic hydroxyl groups is 1. The topological polar surface area (TPSA) is 78.9 Å². The van der Waals surface area contributed by atoms with Gasteiger partial charge in [-0.2, -0.15) is 0 Å². The van der Waals surface area contributed by atoms with Crippen LogP contribution in [0.4, 0.5) is 4.79 Å². The van der Waals surface area contributed by atoms with Crippen molar-refractivity contribution in [3.63, 3.8) is 0 Å². The molecule has 0 aromatic carbocycles. The lowest BCUT2D eigenvalue weighted by Crippen LogP contribution is -2.44. The van der Waals surface area contributed by atoms with Crippen molar-refractivity contribution in [1.29, 1.82) is 0 Å². The number of aliphatic hydroxyl groups excluding tert-OH is 1. The van der Waals surface area contributed by atoms with Gasteiger partial charge in [0.1, 0.15) is 6.54 Å². The first-order chi connectivity index (χ1) is 7.69. The fourth-order valence-electron chi connectivity index (χ4n) is 1.41. The molecule has 0 saturated heterocycles. The van der Waals surface area contributed by atoms with E-state index in [0.717, 1.165) is 12.8 Å². The van der Waals surface area contributed by atoms with Gasteiger partial charge in [-0.05, 0) is 19.8 Å². The molecule has 0 aromatic rings. The normalized spacial score (nSPS) is 14.4. The minimum atomic E-state index is -0.449. The largest absolute Gasteiger partial charge is 0.465 e. The molecule has 92 valence electrons. The Morgan fingerprint density at radius 3 is 2.69 bits per heavy atom. The Hall–Kier alpha value is -1.30. The summed E-state index contributed by atoms with van der Waals surface area (Å²) in [5, 5.41) is 11.3. The molecule has 0 heterocycles. The molecule has 1 rings (SSSR count). The van der Waals surface area contributed by atoms with E-state index in [-0.39, 0.29) is 25.2 Å². The molecule has 0 atom stereocenters. The number of hydrogen-bond donors (Lipinski definition) is 2. The van der Waals surface area contributed by atoms with E-state index < -0.39 is 5.97 Å². The average molecular weight is 230 g/mol. The van der Waals surface area contributed by atoms with Crippen LogP contribution in [-0.4, -0.2) is 54.4 Å². The highest BCUT2D eigenvalue weighted by Crippen LogP contribution is 2.26. The summed E-state index contributed by atoms with van der Waals surface area (Å²) in [6, 6.07) is -0.0982. The van der Waals surface area contributed by atoms with Crippen molar-refractivity contribution in [2.24, 2.45) is 0 Å². The Bertz CT molecular complexity index is 253. The number of hydrogen-bond acceptors (Lipinski definition) is 4. The maximum atomic E-state index is 11.6. The van der Waals surface area contributed by atoms with Crippen LogP contribution in [-0.2, 0) is 9.53 Å². The predicted octanol–water partition coefficient (Wildman–Crippen LogP) is -0.284. The number of esters is 1. The minimum Gasteiger partial charge on any atom is -0.465 e. The van der Waals surface area contributed by atoms with Crippen molar-refractivity contribution in [2.45, 2.75) is 25.8 Å². The maximum absolute atomic E-state index is 11.6. The molecule has 2 amide bonds. The molecule has 1 aliphatic rings. The van der Waals surface area contributed by atoms with Gasteiger partial charge in [-0.15, -0.1) is 0 Å². The molecular weight excluding hydrogens is 212 g/mol. The van der Waals surface area contributed by atoms with Gasteiger partial charge in [0, 0.05) is 12.6 Å². The molecule has 0 bridgehead atoms. The second-order valence-corrected chi connectivity index (χ2v) is 3.61. The zero-order valence-corrected chi connectivity index (χ0v) is 9.44. The summed E-state index contributed by atoms with van der Waals surface area (Å²) >= 11 is 0. The van der Waals surface area contributed by atoms with Crippen LogP contribution in [0.2, 0.25) is 0 Å². The number of nitrogens with one attached hydrogen (secondary N) is 1. The van der Waals surface area contributed by atoms with Crippen molar-refractivity contribution >= 4 is 12.0 Å². The molecule has 0 unspecified atom stereocenters. The molecule has 0 spiro atoms. The van der Waals surface area contributed by atoms with E-state index in [1.54, 1.807) is 11.8 Å². The summed E-state index contributed by atoms with van der Waals surface area (Å²) in [6.07, 6.45) is 1.93. The molecule has 0 aromatic heterocycles. The summed E-state index contributed by atoms with van der Waals surface area (Å²) in [5.41, 5.74) is 0. The molecule has 2 N–H and O–H groups in total. The van der Waals surface area contributed by atoms with Crippen LogP contribution >= 0.6 is 0 Å². The van der Waals surface area contributed by atoms with Gasteiger partial charge < -0.3 is 20.1 Å². The Kier molecular flexibility index (Phi) is 5.04. The van der Waals surface area contributed by atoms with Gasteiger partial charge in [-0.3, -0.25) is 4.79 Å². The fourth-order valence-corrected chi connectivity index (χ4v) is 1.41. The smallest absolute Gasteiger partial charge is 0.325 e. The van der Waals surface area contributed by atoms with E-state index in [2.05, 4.69) is 10.1 Å². The number of amides is 2. The predicted molar refractivity (Wildman–Crippen MR) is 56.8 cm³/mol. The van der Waals surface area contributed by atoms with Gasteiger partial charge in [0.25, 0.3) is 0 Å². The second kappa shape index (κ2) is 6.32. The van der Waals surface area contributed by atoms with Crippen LogP contribution in [0.15, 0.2) is 0 Å². The van der Waals surface area contributed by atoms with E-state index in [0.29, 0.717) is 13.2 Å². The van der Waals surface area contributed by atoms with Crippen LogP contribution in [0.25, 0.3) is 0 Å². The molecule has 6 heteroatoms. The van der Waals surface area contributed by atoms with Crippen molar-refractivity contribution < 1.29 is 19.4 Å². The number of carbonyl (C=O) groups excluding carboxylic acids is 2. The lowest BCUT2D eigenvalue weighted by atomic mass is 10.5. The third-order valence-electron chi connectivity index (χ3n) is 2.28. The van der Waals surface area contributed by atoms with Crippen LogP contribution in [0, 0.1) is 0 Å². The molecule has 16 heavy (non-hydrogen) atoms. The number of rotatable bonds is 6. The Morgan fingerprint density at radius 1 is 1.50 bits per heavy atom. The number of urea groups is 1. The van der Waals surface area contributed by atoms with Crippen LogP contribution in [0.3, 0.4) is 0 Å². The van der Waals surface area contributed by atoms with E-state index >= 15 is 0 Å². The van der Waals surface area contributed by atoms with Gasteiger partial charge in [0.05, 0.1) is 13.2 Å². The van der Waals surface area contributed by atoms with Crippen LogP contribution < -0.4 is 5.32 Å². The molecule has 1 aliphatic carbocycles. The fraction of sp³-hybridized carbons (Fsp3) is 0.800. The lowest BCUT2D eigenvalue weighted by Gasteiger charge is -2.21. The Balaban J connectivity index is 2.28. The molecule has 6 nitrogen and oxygen atoms in total. The first-order valence-corrected chi connectivity index (χ1v) is 5.50. The SMILES string of the molecule is CCOC(=O)CNC(=O)N(CCO)C1CC1. The average Bonchev–Trinajstić information content (AvgIpc) is 3.07. The van der Waals surface area contributed by atoms with Crippen LogP contribution in [0.1, 0.15) is 19.8 Å². The first-order valence-electron chi connectivity index (χ1n) is 5.50. The highest BCUT2D eigenvalue weighted by Gasteiger charge is 2.32. The zero-order chi connectivity index (χ0) is 12.0. The Morgan fingerprint density at radius 2 is 2.19 bits per heavy atom. The third-order valence-corrected chi connectivity index (χ3v) is 2.28. The quantitative estimate of drug-likeness (QED) is 0.615. The highest BCUT2D eigenvalue weighted by atomic mass is 16.5. The summed E-state index contributed by atoms with van der Waals surface area (Å²) in [5.74, 6) is -0.449. The summed E-state index contributed by atoms with van der Waals surface area (Å²) in [4.78, 5) is 24.2. The summed E-state index contributed by atoms with van der Waals surface area (Å²) < 4.78 is 4.69. The minimum absolute atomic E-state index is 0.0661. The summed E-state index contributed by atoms with van der Waals surface area (Å²) in [7, 11) is 0. The van der Waals surface area contributed by atoms with Crippen molar-refractivity contribution in [1.82, 2.24) is 10.2 Å². The Labute approximate surface area is 94.6 Å². The first kappa shape index (κ1) is 12.8. The number of ether oxygens (including phenoxy) is 1. The summed E-state index contributed by atoms with van der Waals surface area (Å²) in [6.45, 7) is 2.13. The molecule has 0 aliphatic heterocycles.